The van der Waals surface area contributed by atoms with E-state index >= 15 is 0 Å². The van der Waals surface area contributed by atoms with Crippen LogP contribution in [0.3, 0.4) is 0 Å². The first-order chi connectivity index (χ1) is 9.20. The number of carbonyl (C=O) groups excluding carboxylic acids is 1. The van der Waals surface area contributed by atoms with Gasteiger partial charge in [0, 0.05) is 15.3 Å². The number of carbonyl (C=O) groups is 1. The predicted octanol–water partition coefficient (Wildman–Crippen LogP) is 3.18. The number of halogens is 1. The second-order valence-electron chi connectivity index (χ2n) is 4.16. The molecule has 0 aliphatic heterocycles. The van der Waals surface area contributed by atoms with E-state index < -0.39 is 0 Å². The molecule has 98 valence electrons. The average molecular weight is 366 g/mol. The summed E-state index contributed by atoms with van der Waals surface area (Å²) in [6.07, 6.45) is 2.67. The van der Waals surface area contributed by atoms with Gasteiger partial charge in [-0.05, 0) is 58.8 Å². The molecule has 0 radical (unpaired) electrons. The summed E-state index contributed by atoms with van der Waals surface area (Å²) in [4.78, 5) is 16.3. The summed E-state index contributed by atoms with van der Waals surface area (Å²) >= 11 is 2.20. The van der Waals surface area contributed by atoms with Gasteiger partial charge in [0.05, 0.1) is 12.2 Å². The minimum Gasteiger partial charge on any atom is -0.346 e. The van der Waals surface area contributed by atoms with Gasteiger partial charge < -0.3 is 5.32 Å². The molecule has 1 aromatic carbocycles. The molecule has 0 saturated heterocycles. The second-order valence-corrected chi connectivity index (χ2v) is 5.40. The van der Waals surface area contributed by atoms with Gasteiger partial charge in [-0.2, -0.15) is 0 Å². The molecule has 3 nitrogen and oxygen atoms in total. The largest absolute Gasteiger partial charge is 0.346 e. The Bertz CT molecular complexity index is 584. The van der Waals surface area contributed by atoms with Crippen LogP contribution in [-0.2, 0) is 13.0 Å². The third-order valence-electron chi connectivity index (χ3n) is 2.87. The summed E-state index contributed by atoms with van der Waals surface area (Å²) in [6, 6.07) is 11.5. The lowest BCUT2D eigenvalue weighted by molar-refractivity contribution is 0.0950. The number of nitrogens with one attached hydrogen (secondary N) is 1. The van der Waals surface area contributed by atoms with Crippen LogP contribution in [0, 0.1) is 3.57 Å². The van der Waals surface area contributed by atoms with Crippen LogP contribution in [0.5, 0.6) is 0 Å². The Labute approximate surface area is 126 Å². The maximum Gasteiger partial charge on any atom is 0.251 e. The zero-order valence-corrected chi connectivity index (χ0v) is 12.8. The summed E-state index contributed by atoms with van der Waals surface area (Å²) in [6.45, 7) is 2.55. The molecule has 1 amide bonds. The predicted molar refractivity (Wildman–Crippen MR) is 83.9 cm³/mol. The van der Waals surface area contributed by atoms with Gasteiger partial charge in [0.1, 0.15) is 0 Å². The standard InChI is InChI=1S/C15H15IN2O/c1-2-11-6-4-8-17-14(11)10-18-15(19)12-5-3-7-13(16)9-12/h3-9H,2,10H2,1H3,(H,18,19). The number of hydrogen-bond donors (Lipinski definition) is 1. The lowest BCUT2D eigenvalue weighted by Crippen LogP contribution is -2.24. The Kier molecular flexibility index (Phi) is 4.90. The number of hydrogen-bond acceptors (Lipinski definition) is 2. The fraction of sp³-hybridized carbons (Fsp3) is 0.200. The van der Waals surface area contributed by atoms with E-state index in [9.17, 15) is 4.79 Å². The quantitative estimate of drug-likeness (QED) is 0.845. The highest BCUT2D eigenvalue weighted by molar-refractivity contribution is 14.1. The number of aromatic nitrogens is 1. The zero-order chi connectivity index (χ0) is 13.7. The molecule has 0 unspecified atom stereocenters. The molecule has 0 aliphatic carbocycles. The van der Waals surface area contributed by atoms with E-state index in [2.05, 4.69) is 39.8 Å². The van der Waals surface area contributed by atoms with Crippen molar-refractivity contribution in [2.75, 3.05) is 0 Å². The van der Waals surface area contributed by atoms with E-state index in [1.807, 2.05) is 36.4 Å². The van der Waals surface area contributed by atoms with Crippen LogP contribution in [0.4, 0.5) is 0 Å². The van der Waals surface area contributed by atoms with Gasteiger partial charge in [0.25, 0.3) is 5.91 Å². The number of pyridine rings is 1. The fourth-order valence-corrected chi connectivity index (χ4v) is 2.39. The second kappa shape index (κ2) is 6.65. The Morgan fingerprint density at radius 3 is 2.89 bits per heavy atom. The molecular weight excluding hydrogens is 351 g/mol. The van der Waals surface area contributed by atoms with Gasteiger partial charge in [-0.3, -0.25) is 9.78 Å². The van der Waals surface area contributed by atoms with Gasteiger partial charge in [0.2, 0.25) is 0 Å². The van der Waals surface area contributed by atoms with Crippen molar-refractivity contribution in [3.05, 3.63) is 63.0 Å². The highest BCUT2D eigenvalue weighted by Crippen LogP contribution is 2.09. The van der Waals surface area contributed by atoms with E-state index in [4.69, 9.17) is 0 Å². The van der Waals surface area contributed by atoms with Gasteiger partial charge in [-0.1, -0.05) is 19.1 Å². The first-order valence-corrected chi connectivity index (χ1v) is 7.25. The first kappa shape index (κ1) is 14.0. The third kappa shape index (κ3) is 3.76. The molecule has 0 spiro atoms. The molecule has 2 aromatic rings. The third-order valence-corrected chi connectivity index (χ3v) is 3.54. The van der Waals surface area contributed by atoms with E-state index in [0.717, 1.165) is 15.7 Å². The van der Waals surface area contributed by atoms with Crippen molar-refractivity contribution in [2.24, 2.45) is 0 Å². The molecule has 19 heavy (non-hydrogen) atoms. The molecule has 0 fully saturated rings. The van der Waals surface area contributed by atoms with Crippen LogP contribution < -0.4 is 5.32 Å². The molecule has 0 aliphatic rings. The number of amides is 1. The Hall–Kier alpha value is -1.43. The smallest absolute Gasteiger partial charge is 0.251 e. The van der Waals surface area contributed by atoms with Crippen molar-refractivity contribution in [3.63, 3.8) is 0 Å². The highest BCUT2D eigenvalue weighted by atomic mass is 127. The van der Waals surface area contributed by atoms with Gasteiger partial charge >= 0.3 is 0 Å². The summed E-state index contributed by atoms with van der Waals surface area (Å²) in [5.74, 6) is -0.0637. The Balaban J connectivity index is 2.04. The maximum absolute atomic E-state index is 12.0. The molecule has 2 rings (SSSR count). The molecule has 1 aromatic heterocycles. The van der Waals surface area contributed by atoms with Crippen molar-refractivity contribution in [3.8, 4) is 0 Å². The monoisotopic (exact) mass is 366 g/mol. The van der Waals surface area contributed by atoms with E-state index in [1.54, 1.807) is 6.20 Å². The van der Waals surface area contributed by atoms with Crippen LogP contribution in [0.25, 0.3) is 0 Å². The first-order valence-electron chi connectivity index (χ1n) is 6.17. The Morgan fingerprint density at radius 1 is 1.32 bits per heavy atom. The van der Waals surface area contributed by atoms with Gasteiger partial charge in [0.15, 0.2) is 0 Å². The topological polar surface area (TPSA) is 42.0 Å². The lowest BCUT2D eigenvalue weighted by Gasteiger charge is -2.08. The van der Waals surface area contributed by atoms with Crippen molar-refractivity contribution in [2.45, 2.75) is 19.9 Å². The van der Waals surface area contributed by atoms with E-state index in [1.165, 1.54) is 5.56 Å². The Morgan fingerprint density at radius 2 is 2.16 bits per heavy atom. The molecule has 0 atom stereocenters. The summed E-state index contributed by atoms with van der Waals surface area (Å²) in [5.41, 5.74) is 2.79. The van der Waals surface area contributed by atoms with E-state index in [0.29, 0.717) is 12.1 Å². The molecule has 1 heterocycles. The lowest BCUT2D eigenvalue weighted by atomic mass is 10.1. The number of benzene rings is 1. The minimum absolute atomic E-state index is 0.0637. The summed E-state index contributed by atoms with van der Waals surface area (Å²) < 4.78 is 1.05. The highest BCUT2D eigenvalue weighted by Gasteiger charge is 2.07. The molecule has 4 heteroatoms. The molecule has 0 bridgehead atoms. The van der Waals surface area contributed by atoms with Crippen LogP contribution in [-0.4, -0.2) is 10.9 Å². The van der Waals surface area contributed by atoms with E-state index in [-0.39, 0.29) is 5.91 Å². The SMILES string of the molecule is CCc1cccnc1CNC(=O)c1cccc(I)c1. The average Bonchev–Trinajstić information content (AvgIpc) is 2.45. The number of aryl methyl sites for hydroxylation is 1. The molecule has 0 saturated carbocycles. The van der Waals surface area contributed by atoms with Crippen LogP contribution in [0.15, 0.2) is 42.6 Å². The number of rotatable bonds is 4. The van der Waals surface area contributed by atoms with Crippen LogP contribution in [0.1, 0.15) is 28.5 Å². The maximum atomic E-state index is 12.0. The van der Waals surface area contributed by atoms with Crippen molar-refractivity contribution in [1.29, 1.82) is 0 Å². The summed E-state index contributed by atoms with van der Waals surface area (Å²) in [7, 11) is 0. The fourth-order valence-electron chi connectivity index (χ4n) is 1.85. The van der Waals surface area contributed by atoms with Crippen molar-refractivity contribution in [1.82, 2.24) is 10.3 Å². The molecule has 1 N–H and O–H groups in total. The normalized spacial score (nSPS) is 10.2. The summed E-state index contributed by atoms with van der Waals surface area (Å²) in [5, 5.41) is 2.91. The molecular formula is C15H15IN2O. The number of nitrogens with zero attached hydrogens (tertiary/aromatic N) is 1. The van der Waals surface area contributed by atoms with Crippen molar-refractivity contribution >= 4 is 28.5 Å². The van der Waals surface area contributed by atoms with Crippen LogP contribution >= 0.6 is 22.6 Å². The van der Waals surface area contributed by atoms with Gasteiger partial charge in [-0.15, -0.1) is 0 Å². The van der Waals surface area contributed by atoms with Crippen LogP contribution in [0.2, 0.25) is 0 Å². The zero-order valence-electron chi connectivity index (χ0n) is 10.7. The van der Waals surface area contributed by atoms with Gasteiger partial charge in [-0.25, -0.2) is 0 Å². The van der Waals surface area contributed by atoms with Crippen molar-refractivity contribution < 1.29 is 4.79 Å². The minimum atomic E-state index is -0.0637.